The summed E-state index contributed by atoms with van der Waals surface area (Å²) in [7, 11) is 0. The highest BCUT2D eigenvalue weighted by molar-refractivity contribution is 4.82. The van der Waals surface area contributed by atoms with Crippen LogP contribution in [0.5, 0.6) is 0 Å². The van der Waals surface area contributed by atoms with Gasteiger partial charge in [0.1, 0.15) is 6.04 Å². The minimum absolute atomic E-state index is 0.0278. The molecule has 1 rings (SSSR count). The SMILES string of the molecule is NC(CCNC1CC1)C(F)(F)F. The molecule has 0 saturated heterocycles. The lowest BCUT2D eigenvalue weighted by Gasteiger charge is -2.15. The fraction of sp³-hybridized carbons (Fsp3) is 1.00. The van der Waals surface area contributed by atoms with E-state index in [9.17, 15) is 13.2 Å². The van der Waals surface area contributed by atoms with E-state index in [4.69, 9.17) is 5.73 Å². The van der Waals surface area contributed by atoms with E-state index in [0.29, 0.717) is 12.6 Å². The molecule has 0 aromatic heterocycles. The summed E-state index contributed by atoms with van der Waals surface area (Å²) in [5, 5.41) is 2.98. The first-order valence-corrected chi connectivity index (χ1v) is 4.06. The summed E-state index contributed by atoms with van der Waals surface area (Å²) in [5.74, 6) is 0. The van der Waals surface area contributed by atoms with Crippen LogP contribution in [0.25, 0.3) is 0 Å². The Labute approximate surface area is 69.3 Å². The van der Waals surface area contributed by atoms with Crippen LogP contribution in [0.1, 0.15) is 19.3 Å². The second-order valence-electron chi connectivity index (χ2n) is 3.17. The van der Waals surface area contributed by atoms with Crippen LogP contribution >= 0.6 is 0 Å². The van der Waals surface area contributed by atoms with Crippen LogP contribution in [0, 0.1) is 0 Å². The van der Waals surface area contributed by atoms with E-state index in [-0.39, 0.29) is 6.42 Å². The maximum absolute atomic E-state index is 11.8. The number of hydrogen-bond donors (Lipinski definition) is 2. The Balaban J connectivity index is 2.04. The van der Waals surface area contributed by atoms with E-state index < -0.39 is 12.2 Å². The highest BCUT2D eigenvalue weighted by Crippen LogP contribution is 2.21. The monoisotopic (exact) mass is 182 g/mol. The van der Waals surface area contributed by atoms with Gasteiger partial charge in [0.2, 0.25) is 0 Å². The molecule has 1 fully saturated rings. The summed E-state index contributed by atoms with van der Waals surface area (Å²) in [5.41, 5.74) is 4.89. The molecule has 1 saturated carbocycles. The van der Waals surface area contributed by atoms with Crippen molar-refractivity contribution in [1.29, 1.82) is 0 Å². The predicted molar refractivity (Wildman–Crippen MR) is 39.7 cm³/mol. The van der Waals surface area contributed by atoms with Crippen molar-refractivity contribution in [3.63, 3.8) is 0 Å². The molecule has 12 heavy (non-hydrogen) atoms. The Morgan fingerprint density at radius 2 is 2.00 bits per heavy atom. The van der Waals surface area contributed by atoms with Gasteiger partial charge in [-0.3, -0.25) is 0 Å². The molecule has 5 heteroatoms. The number of alkyl halides is 3. The van der Waals surface area contributed by atoms with Gasteiger partial charge in [0.15, 0.2) is 0 Å². The lowest BCUT2D eigenvalue weighted by Crippen LogP contribution is -2.39. The van der Waals surface area contributed by atoms with Crippen molar-refractivity contribution in [2.24, 2.45) is 5.73 Å². The number of hydrogen-bond acceptors (Lipinski definition) is 2. The van der Waals surface area contributed by atoms with Crippen molar-refractivity contribution in [2.45, 2.75) is 37.5 Å². The van der Waals surface area contributed by atoms with E-state index in [1.807, 2.05) is 0 Å². The van der Waals surface area contributed by atoms with E-state index in [1.54, 1.807) is 0 Å². The molecule has 0 amide bonds. The van der Waals surface area contributed by atoms with Crippen LogP contribution in [0.2, 0.25) is 0 Å². The Bertz CT molecular complexity index is 142. The molecular formula is C7H13F3N2. The van der Waals surface area contributed by atoms with Crippen molar-refractivity contribution in [2.75, 3.05) is 6.54 Å². The maximum atomic E-state index is 11.8. The largest absolute Gasteiger partial charge is 0.403 e. The van der Waals surface area contributed by atoms with Gasteiger partial charge >= 0.3 is 6.18 Å². The minimum atomic E-state index is -4.24. The molecule has 0 bridgehead atoms. The van der Waals surface area contributed by atoms with Gasteiger partial charge in [0.25, 0.3) is 0 Å². The first kappa shape index (κ1) is 9.80. The molecule has 0 radical (unpaired) electrons. The Hall–Kier alpha value is -0.290. The second kappa shape index (κ2) is 3.62. The third-order valence-electron chi connectivity index (χ3n) is 1.89. The van der Waals surface area contributed by atoms with E-state index in [0.717, 1.165) is 12.8 Å². The zero-order valence-electron chi connectivity index (χ0n) is 6.69. The maximum Gasteiger partial charge on any atom is 0.403 e. The van der Waals surface area contributed by atoms with Crippen LogP contribution < -0.4 is 11.1 Å². The first-order valence-electron chi connectivity index (χ1n) is 4.06. The van der Waals surface area contributed by atoms with Gasteiger partial charge in [0.05, 0.1) is 0 Å². The zero-order chi connectivity index (χ0) is 9.19. The highest BCUT2D eigenvalue weighted by Gasteiger charge is 2.36. The third kappa shape index (κ3) is 3.40. The van der Waals surface area contributed by atoms with Gasteiger partial charge in [-0.2, -0.15) is 13.2 Å². The average Bonchev–Trinajstić information content (AvgIpc) is 2.69. The van der Waals surface area contributed by atoms with Gasteiger partial charge < -0.3 is 11.1 Å². The summed E-state index contributed by atoms with van der Waals surface area (Å²) in [6, 6.07) is -1.23. The summed E-state index contributed by atoms with van der Waals surface area (Å²) in [4.78, 5) is 0. The Kier molecular flexibility index (Phi) is 2.95. The van der Waals surface area contributed by atoms with E-state index in [1.165, 1.54) is 0 Å². The van der Waals surface area contributed by atoms with Gasteiger partial charge in [-0.1, -0.05) is 0 Å². The normalized spacial score (nSPS) is 21.0. The molecule has 72 valence electrons. The van der Waals surface area contributed by atoms with Crippen LogP contribution in [-0.4, -0.2) is 24.8 Å². The fourth-order valence-corrected chi connectivity index (χ4v) is 0.894. The summed E-state index contributed by atoms with van der Waals surface area (Å²) >= 11 is 0. The number of halogens is 3. The molecule has 0 heterocycles. The van der Waals surface area contributed by atoms with Gasteiger partial charge in [-0.05, 0) is 25.8 Å². The second-order valence-corrected chi connectivity index (χ2v) is 3.17. The Morgan fingerprint density at radius 1 is 1.42 bits per heavy atom. The van der Waals surface area contributed by atoms with E-state index >= 15 is 0 Å². The highest BCUT2D eigenvalue weighted by atomic mass is 19.4. The molecule has 1 atom stereocenters. The quantitative estimate of drug-likeness (QED) is 0.681. The van der Waals surface area contributed by atoms with Gasteiger partial charge in [-0.15, -0.1) is 0 Å². The van der Waals surface area contributed by atoms with Crippen LogP contribution in [-0.2, 0) is 0 Å². The summed E-state index contributed by atoms with van der Waals surface area (Å²) < 4.78 is 35.5. The van der Waals surface area contributed by atoms with Crippen molar-refractivity contribution in [1.82, 2.24) is 5.32 Å². The molecule has 1 unspecified atom stereocenters. The zero-order valence-corrected chi connectivity index (χ0v) is 6.69. The molecule has 0 aromatic carbocycles. The Morgan fingerprint density at radius 3 is 2.42 bits per heavy atom. The van der Waals surface area contributed by atoms with Crippen LogP contribution in [0.3, 0.4) is 0 Å². The van der Waals surface area contributed by atoms with Gasteiger partial charge in [-0.25, -0.2) is 0 Å². The molecule has 0 aromatic rings. The third-order valence-corrected chi connectivity index (χ3v) is 1.89. The summed E-state index contributed by atoms with van der Waals surface area (Å²) in [6.07, 6.45) is -2.10. The number of rotatable bonds is 4. The number of nitrogens with two attached hydrogens (primary N) is 1. The van der Waals surface area contributed by atoms with Crippen molar-refractivity contribution >= 4 is 0 Å². The van der Waals surface area contributed by atoms with Crippen LogP contribution in [0.4, 0.5) is 13.2 Å². The number of nitrogens with one attached hydrogen (secondary N) is 1. The molecule has 1 aliphatic carbocycles. The van der Waals surface area contributed by atoms with Gasteiger partial charge in [0, 0.05) is 6.04 Å². The molecule has 0 aliphatic heterocycles. The minimum Gasteiger partial charge on any atom is -0.320 e. The van der Waals surface area contributed by atoms with Crippen LogP contribution in [0.15, 0.2) is 0 Å². The first-order chi connectivity index (χ1) is 5.50. The molecule has 2 nitrogen and oxygen atoms in total. The fourth-order valence-electron chi connectivity index (χ4n) is 0.894. The summed E-state index contributed by atoms with van der Waals surface area (Å²) in [6.45, 7) is 0.366. The molecular weight excluding hydrogens is 169 g/mol. The van der Waals surface area contributed by atoms with Crippen molar-refractivity contribution in [3.05, 3.63) is 0 Å². The molecule has 0 spiro atoms. The standard InChI is InChI=1S/C7H13F3N2/c8-7(9,10)6(11)3-4-12-5-1-2-5/h5-6,12H,1-4,11H2. The molecule has 1 aliphatic rings. The predicted octanol–water partition coefficient (Wildman–Crippen LogP) is 1.02. The average molecular weight is 182 g/mol. The van der Waals surface area contributed by atoms with Crippen molar-refractivity contribution in [3.8, 4) is 0 Å². The lowest BCUT2D eigenvalue weighted by molar-refractivity contribution is -0.148. The smallest absolute Gasteiger partial charge is 0.320 e. The molecule has 3 N–H and O–H groups in total. The van der Waals surface area contributed by atoms with E-state index in [2.05, 4.69) is 5.32 Å². The lowest BCUT2D eigenvalue weighted by atomic mass is 10.2. The topological polar surface area (TPSA) is 38.0 Å². The van der Waals surface area contributed by atoms with Crippen molar-refractivity contribution < 1.29 is 13.2 Å².